The molecule has 33 heavy (non-hydrogen) atoms. The van der Waals surface area contributed by atoms with Crippen LogP contribution < -0.4 is 9.80 Å². The predicted octanol–water partition coefficient (Wildman–Crippen LogP) is 3.72. The summed E-state index contributed by atoms with van der Waals surface area (Å²) in [5.41, 5.74) is 1.14. The quantitative estimate of drug-likeness (QED) is 0.480. The molecule has 0 radical (unpaired) electrons. The van der Waals surface area contributed by atoms with Crippen molar-refractivity contribution < 1.29 is 14.6 Å². The van der Waals surface area contributed by atoms with E-state index in [1.165, 1.54) is 12.1 Å². The van der Waals surface area contributed by atoms with Crippen molar-refractivity contribution in [2.75, 3.05) is 49.1 Å². The van der Waals surface area contributed by atoms with Crippen LogP contribution in [0.4, 0.5) is 22.7 Å². The van der Waals surface area contributed by atoms with E-state index in [1.54, 1.807) is 30.3 Å². The number of nitrogens with zero attached hydrogens (tertiary/aromatic N) is 5. The lowest BCUT2D eigenvalue weighted by Gasteiger charge is -2.39. The maximum atomic E-state index is 13.1. The van der Waals surface area contributed by atoms with Crippen molar-refractivity contribution in [3.05, 3.63) is 67.7 Å². The Bertz CT molecular complexity index is 1060. The Morgan fingerprint density at radius 3 is 2.03 bits per heavy atom. The maximum absolute atomic E-state index is 13.1. The molecule has 0 aliphatic carbocycles. The third-order valence-electron chi connectivity index (χ3n) is 6.33. The van der Waals surface area contributed by atoms with Gasteiger partial charge in [-0.1, -0.05) is 23.7 Å². The van der Waals surface area contributed by atoms with Gasteiger partial charge in [-0.15, -0.1) is 0 Å². The molecule has 2 aromatic rings. The van der Waals surface area contributed by atoms with Gasteiger partial charge in [0.2, 0.25) is 5.91 Å². The lowest BCUT2D eigenvalue weighted by atomic mass is 9.94. The van der Waals surface area contributed by atoms with Gasteiger partial charge in [0, 0.05) is 62.3 Å². The van der Waals surface area contributed by atoms with Crippen molar-refractivity contribution in [2.24, 2.45) is 5.92 Å². The number of para-hydroxylation sites is 2. The number of carbonyl (C=O) groups excluding carboxylic acids is 1. The fourth-order valence-electron chi connectivity index (χ4n) is 4.59. The van der Waals surface area contributed by atoms with E-state index in [0.29, 0.717) is 68.5 Å². The highest BCUT2D eigenvalue weighted by Gasteiger charge is 2.33. The highest BCUT2D eigenvalue weighted by atomic mass is 35.5. The molecule has 0 N–H and O–H groups in total. The summed E-state index contributed by atoms with van der Waals surface area (Å²) in [6.07, 6.45) is 1.27. The van der Waals surface area contributed by atoms with E-state index in [-0.39, 0.29) is 28.1 Å². The first-order valence-corrected chi connectivity index (χ1v) is 11.2. The monoisotopic (exact) mass is 473 g/mol. The Labute approximate surface area is 195 Å². The van der Waals surface area contributed by atoms with Gasteiger partial charge in [-0.25, -0.2) is 0 Å². The Morgan fingerprint density at radius 1 is 0.818 bits per heavy atom. The molecule has 2 aromatic carbocycles. The number of carbonyl (C=O) groups is 1. The van der Waals surface area contributed by atoms with Gasteiger partial charge in [-0.3, -0.25) is 25.0 Å². The summed E-state index contributed by atoms with van der Waals surface area (Å²) in [7, 11) is 0. The van der Waals surface area contributed by atoms with Crippen LogP contribution in [0, 0.1) is 26.1 Å². The molecule has 0 saturated carbocycles. The summed E-state index contributed by atoms with van der Waals surface area (Å²) in [6, 6.07) is 11.3. The average molecular weight is 474 g/mol. The Balaban J connectivity index is 1.34. The molecule has 1 amide bonds. The standard InChI is InChI=1S/C22H24ClN5O5/c23-17-5-6-19(21(15-17)28(32)33)25-11-13-26(14-12-25)22(29)16-7-9-24(10-8-16)18-3-1-2-4-20(18)27(30)31/h1-6,15-16H,7-14H2. The van der Waals surface area contributed by atoms with Crippen LogP contribution in [-0.2, 0) is 4.79 Å². The normalized spacial score (nSPS) is 17.2. The van der Waals surface area contributed by atoms with Crippen molar-refractivity contribution in [3.8, 4) is 0 Å². The first kappa shape index (κ1) is 22.8. The molecule has 174 valence electrons. The van der Waals surface area contributed by atoms with Crippen LogP contribution in [0.25, 0.3) is 0 Å². The number of benzene rings is 2. The zero-order valence-corrected chi connectivity index (χ0v) is 18.7. The van der Waals surface area contributed by atoms with Crippen LogP contribution in [0.2, 0.25) is 5.02 Å². The second kappa shape index (κ2) is 9.62. The number of nitro groups is 2. The molecule has 2 fully saturated rings. The van der Waals surface area contributed by atoms with Gasteiger partial charge in [-0.2, -0.15) is 0 Å². The molecule has 2 heterocycles. The minimum Gasteiger partial charge on any atom is -0.366 e. The first-order valence-electron chi connectivity index (χ1n) is 10.8. The van der Waals surface area contributed by atoms with E-state index >= 15 is 0 Å². The van der Waals surface area contributed by atoms with Crippen LogP contribution in [0.1, 0.15) is 12.8 Å². The number of piperazine rings is 1. The molecule has 0 aromatic heterocycles. The highest BCUT2D eigenvalue weighted by Crippen LogP contribution is 2.33. The number of amides is 1. The average Bonchev–Trinajstić information content (AvgIpc) is 2.83. The molecule has 0 bridgehead atoms. The molecule has 2 aliphatic rings. The van der Waals surface area contributed by atoms with E-state index in [9.17, 15) is 25.0 Å². The van der Waals surface area contributed by atoms with Crippen molar-refractivity contribution in [2.45, 2.75) is 12.8 Å². The number of nitro benzene ring substituents is 2. The molecule has 2 aliphatic heterocycles. The molecule has 0 unspecified atom stereocenters. The van der Waals surface area contributed by atoms with Crippen LogP contribution >= 0.6 is 11.6 Å². The SMILES string of the molecule is O=C(C1CCN(c2ccccc2[N+](=O)[O-])CC1)N1CCN(c2ccc(Cl)cc2[N+](=O)[O-])CC1. The lowest BCUT2D eigenvalue weighted by Crippen LogP contribution is -2.51. The maximum Gasteiger partial charge on any atom is 0.294 e. The van der Waals surface area contributed by atoms with Crippen LogP contribution in [0.5, 0.6) is 0 Å². The molecule has 2 saturated heterocycles. The van der Waals surface area contributed by atoms with Gasteiger partial charge in [0.25, 0.3) is 11.4 Å². The van der Waals surface area contributed by atoms with Gasteiger partial charge in [0.05, 0.1) is 9.85 Å². The molecular weight excluding hydrogens is 450 g/mol. The number of piperidine rings is 1. The Morgan fingerprint density at radius 2 is 1.39 bits per heavy atom. The third kappa shape index (κ3) is 4.85. The second-order valence-electron chi connectivity index (χ2n) is 8.21. The van der Waals surface area contributed by atoms with Gasteiger partial charge in [-0.05, 0) is 31.0 Å². The lowest BCUT2D eigenvalue weighted by molar-refractivity contribution is -0.384. The highest BCUT2D eigenvalue weighted by molar-refractivity contribution is 6.30. The van der Waals surface area contributed by atoms with Crippen molar-refractivity contribution in [1.82, 2.24) is 4.90 Å². The van der Waals surface area contributed by atoms with Gasteiger partial charge < -0.3 is 14.7 Å². The van der Waals surface area contributed by atoms with E-state index in [4.69, 9.17) is 11.6 Å². The van der Waals surface area contributed by atoms with Crippen molar-refractivity contribution in [1.29, 1.82) is 0 Å². The second-order valence-corrected chi connectivity index (χ2v) is 8.65. The number of hydrogen-bond donors (Lipinski definition) is 0. The number of hydrogen-bond acceptors (Lipinski definition) is 7. The van der Waals surface area contributed by atoms with E-state index in [2.05, 4.69) is 0 Å². The zero-order valence-electron chi connectivity index (χ0n) is 17.9. The molecule has 4 rings (SSSR count). The zero-order chi connectivity index (χ0) is 23.5. The van der Waals surface area contributed by atoms with Crippen molar-refractivity contribution in [3.63, 3.8) is 0 Å². The topological polar surface area (TPSA) is 113 Å². The van der Waals surface area contributed by atoms with Crippen LogP contribution in [-0.4, -0.2) is 59.9 Å². The van der Waals surface area contributed by atoms with Crippen LogP contribution in [0.3, 0.4) is 0 Å². The fourth-order valence-corrected chi connectivity index (χ4v) is 4.76. The minimum absolute atomic E-state index is 0.0374. The van der Waals surface area contributed by atoms with E-state index in [1.807, 2.05) is 14.7 Å². The summed E-state index contributed by atoms with van der Waals surface area (Å²) >= 11 is 5.91. The fraction of sp³-hybridized carbons (Fsp3) is 0.409. The van der Waals surface area contributed by atoms with E-state index < -0.39 is 4.92 Å². The molecule has 0 spiro atoms. The Hall–Kier alpha value is -3.40. The Kier molecular flexibility index (Phi) is 6.64. The first-order chi connectivity index (χ1) is 15.8. The summed E-state index contributed by atoms with van der Waals surface area (Å²) < 4.78 is 0. The number of rotatable bonds is 5. The molecule has 10 nitrogen and oxygen atoms in total. The summed E-state index contributed by atoms with van der Waals surface area (Å²) in [5, 5.41) is 23.0. The van der Waals surface area contributed by atoms with Gasteiger partial charge in [0.15, 0.2) is 0 Å². The molecule has 11 heteroatoms. The van der Waals surface area contributed by atoms with Gasteiger partial charge >= 0.3 is 0 Å². The summed E-state index contributed by atoms with van der Waals surface area (Å²) in [5.74, 6) is -0.0390. The molecular formula is C22H24ClN5O5. The van der Waals surface area contributed by atoms with E-state index in [0.717, 1.165) is 0 Å². The summed E-state index contributed by atoms with van der Waals surface area (Å²) in [6.45, 7) is 3.15. The predicted molar refractivity (Wildman–Crippen MR) is 125 cm³/mol. The van der Waals surface area contributed by atoms with Crippen LogP contribution in [0.15, 0.2) is 42.5 Å². The molecule has 0 atom stereocenters. The van der Waals surface area contributed by atoms with Crippen molar-refractivity contribution >= 4 is 40.3 Å². The summed E-state index contributed by atoms with van der Waals surface area (Å²) in [4.78, 5) is 40.7. The number of anilines is 2. The minimum atomic E-state index is -0.441. The largest absolute Gasteiger partial charge is 0.366 e. The number of halogens is 1. The third-order valence-corrected chi connectivity index (χ3v) is 6.56. The van der Waals surface area contributed by atoms with Gasteiger partial charge in [0.1, 0.15) is 11.4 Å². The smallest absolute Gasteiger partial charge is 0.294 e.